The van der Waals surface area contributed by atoms with Crippen LogP contribution in [-0.4, -0.2) is 21.1 Å². The van der Waals surface area contributed by atoms with Crippen molar-refractivity contribution in [2.24, 2.45) is 0 Å². The molecule has 3 nitrogen and oxygen atoms in total. The molecule has 0 saturated carbocycles. The molecule has 0 bridgehead atoms. The van der Waals surface area contributed by atoms with E-state index in [1.807, 2.05) is 50.3 Å². The lowest BCUT2D eigenvalue weighted by molar-refractivity contribution is -0.153. The van der Waals surface area contributed by atoms with Crippen molar-refractivity contribution < 1.29 is 14.0 Å². The number of ether oxygens (including phenoxy) is 1. The molecule has 0 fully saturated rings. The molecule has 0 heterocycles. The normalized spacial score (nSPS) is 12.5. The van der Waals surface area contributed by atoms with E-state index in [1.165, 1.54) is 0 Å². The summed E-state index contributed by atoms with van der Waals surface area (Å²) in [7, 11) is -1.20. The van der Waals surface area contributed by atoms with E-state index in [4.69, 9.17) is 9.16 Å². The van der Waals surface area contributed by atoms with E-state index in [1.54, 1.807) is 0 Å². The van der Waals surface area contributed by atoms with Gasteiger partial charge in [0.25, 0.3) is 0 Å². The van der Waals surface area contributed by atoms with Crippen LogP contribution in [0.25, 0.3) is 0 Å². The number of carbonyl (C=O) groups excluding carboxylic acids is 1. The maximum atomic E-state index is 11.8. The molecule has 0 aliphatic rings. The van der Waals surface area contributed by atoms with Crippen LogP contribution in [0.15, 0.2) is 30.3 Å². The molecule has 94 valence electrons. The van der Waals surface area contributed by atoms with Gasteiger partial charge in [-0.25, -0.2) is 4.79 Å². The van der Waals surface area contributed by atoms with Gasteiger partial charge in [0.15, 0.2) is 9.04 Å². The van der Waals surface area contributed by atoms with Crippen LogP contribution in [0, 0.1) is 0 Å². The summed E-state index contributed by atoms with van der Waals surface area (Å²) in [6.45, 7) is 6.35. The Kier molecular flexibility index (Phi) is 5.93. The SMILES string of the molecule is CCC(O[SiH](C)C)C(=O)OCc1ccccc1. The standard InChI is InChI=1S/C13H20O3Si/c1-4-12(16-17(2)3)13(14)15-10-11-8-6-5-7-9-11/h5-9,12,17H,4,10H2,1-3H3. The molecule has 17 heavy (non-hydrogen) atoms. The van der Waals surface area contributed by atoms with Crippen LogP contribution < -0.4 is 0 Å². The van der Waals surface area contributed by atoms with Crippen LogP contribution in [-0.2, 0) is 20.6 Å². The van der Waals surface area contributed by atoms with Crippen LogP contribution in [0.5, 0.6) is 0 Å². The predicted octanol–water partition coefficient (Wildman–Crippen LogP) is 2.51. The van der Waals surface area contributed by atoms with E-state index in [9.17, 15) is 4.79 Å². The Morgan fingerprint density at radius 1 is 1.29 bits per heavy atom. The van der Waals surface area contributed by atoms with Gasteiger partial charge in [-0.3, -0.25) is 0 Å². The Balaban J connectivity index is 2.42. The average molecular weight is 252 g/mol. The largest absolute Gasteiger partial charge is 0.459 e. The first-order valence-corrected chi connectivity index (χ1v) is 8.77. The molecule has 0 N–H and O–H groups in total. The zero-order valence-electron chi connectivity index (χ0n) is 10.7. The highest BCUT2D eigenvalue weighted by Gasteiger charge is 2.19. The highest BCUT2D eigenvalue weighted by molar-refractivity contribution is 6.48. The van der Waals surface area contributed by atoms with Gasteiger partial charge in [0.1, 0.15) is 12.7 Å². The Hall–Kier alpha value is -1.13. The van der Waals surface area contributed by atoms with Gasteiger partial charge in [-0.05, 0) is 25.1 Å². The molecule has 0 spiro atoms. The van der Waals surface area contributed by atoms with Crippen LogP contribution in [0.3, 0.4) is 0 Å². The first kappa shape index (κ1) is 13.9. The summed E-state index contributed by atoms with van der Waals surface area (Å²) < 4.78 is 10.9. The Bertz CT molecular complexity index is 338. The number of hydrogen-bond acceptors (Lipinski definition) is 3. The van der Waals surface area contributed by atoms with Gasteiger partial charge >= 0.3 is 5.97 Å². The highest BCUT2D eigenvalue weighted by atomic mass is 28.3. The summed E-state index contributed by atoms with van der Waals surface area (Å²) in [6, 6.07) is 9.67. The van der Waals surface area contributed by atoms with E-state index < -0.39 is 15.1 Å². The van der Waals surface area contributed by atoms with Crippen molar-refractivity contribution in [1.29, 1.82) is 0 Å². The molecule has 1 aromatic carbocycles. The average Bonchev–Trinajstić information content (AvgIpc) is 2.34. The van der Waals surface area contributed by atoms with E-state index in [-0.39, 0.29) is 5.97 Å². The Labute approximate surface area is 104 Å². The van der Waals surface area contributed by atoms with E-state index in [0.717, 1.165) is 5.56 Å². The molecular weight excluding hydrogens is 232 g/mol. The number of carbonyl (C=O) groups is 1. The zero-order chi connectivity index (χ0) is 12.7. The third-order valence-corrected chi connectivity index (χ3v) is 3.17. The summed E-state index contributed by atoms with van der Waals surface area (Å²) in [4.78, 5) is 11.8. The number of benzene rings is 1. The molecule has 0 aliphatic carbocycles. The summed E-state index contributed by atoms with van der Waals surface area (Å²) in [5, 5.41) is 0. The molecule has 1 atom stereocenters. The highest BCUT2D eigenvalue weighted by Crippen LogP contribution is 2.07. The first-order valence-electron chi connectivity index (χ1n) is 5.99. The minimum atomic E-state index is -1.20. The van der Waals surface area contributed by atoms with Gasteiger partial charge in [0, 0.05) is 0 Å². The second-order valence-electron chi connectivity index (χ2n) is 4.18. The van der Waals surface area contributed by atoms with Crippen molar-refractivity contribution in [1.82, 2.24) is 0 Å². The maximum Gasteiger partial charge on any atom is 0.334 e. The fraction of sp³-hybridized carbons (Fsp3) is 0.462. The summed E-state index contributed by atoms with van der Waals surface area (Å²) in [5.41, 5.74) is 0.998. The topological polar surface area (TPSA) is 35.5 Å². The lowest BCUT2D eigenvalue weighted by Gasteiger charge is -2.17. The lowest BCUT2D eigenvalue weighted by atomic mass is 10.2. The van der Waals surface area contributed by atoms with E-state index in [2.05, 4.69) is 0 Å². The van der Waals surface area contributed by atoms with Gasteiger partial charge in [-0.15, -0.1) is 0 Å². The van der Waals surface area contributed by atoms with Gasteiger partial charge in [0.05, 0.1) is 0 Å². The number of rotatable bonds is 6. The zero-order valence-corrected chi connectivity index (χ0v) is 11.8. The van der Waals surface area contributed by atoms with Crippen molar-refractivity contribution in [3.63, 3.8) is 0 Å². The van der Waals surface area contributed by atoms with Gasteiger partial charge < -0.3 is 9.16 Å². The van der Waals surface area contributed by atoms with Crippen molar-refractivity contribution in [2.45, 2.75) is 39.1 Å². The molecule has 0 amide bonds. The monoisotopic (exact) mass is 252 g/mol. The third kappa shape index (κ3) is 5.15. The summed E-state index contributed by atoms with van der Waals surface area (Å²) >= 11 is 0. The second kappa shape index (κ2) is 7.24. The van der Waals surface area contributed by atoms with Crippen LogP contribution in [0.2, 0.25) is 13.1 Å². The fourth-order valence-electron chi connectivity index (χ4n) is 1.47. The Morgan fingerprint density at radius 2 is 1.94 bits per heavy atom. The number of hydrogen-bond donors (Lipinski definition) is 0. The molecule has 1 unspecified atom stereocenters. The fourth-order valence-corrected chi connectivity index (χ4v) is 2.43. The quantitative estimate of drug-likeness (QED) is 0.576. The van der Waals surface area contributed by atoms with Crippen molar-refractivity contribution in [3.05, 3.63) is 35.9 Å². The van der Waals surface area contributed by atoms with E-state index in [0.29, 0.717) is 13.0 Å². The molecule has 0 saturated heterocycles. The smallest absolute Gasteiger partial charge is 0.334 e. The van der Waals surface area contributed by atoms with Crippen LogP contribution in [0.1, 0.15) is 18.9 Å². The maximum absolute atomic E-state index is 11.8. The molecule has 4 heteroatoms. The number of esters is 1. The molecule has 0 aliphatic heterocycles. The minimum absolute atomic E-state index is 0.252. The van der Waals surface area contributed by atoms with Crippen molar-refractivity contribution in [3.8, 4) is 0 Å². The van der Waals surface area contributed by atoms with Crippen LogP contribution >= 0.6 is 0 Å². The summed E-state index contributed by atoms with van der Waals surface area (Å²) in [5.74, 6) is -0.252. The summed E-state index contributed by atoms with van der Waals surface area (Å²) in [6.07, 6.45) is 0.268. The predicted molar refractivity (Wildman–Crippen MR) is 70.3 cm³/mol. The first-order chi connectivity index (χ1) is 8.13. The van der Waals surface area contributed by atoms with Gasteiger partial charge in [-0.2, -0.15) is 0 Å². The van der Waals surface area contributed by atoms with Gasteiger partial charge in [0.2, 0.25) is 0 Å². The molecule has 1 aromatic rings. The molecular formula is C13H20O3Si. The third-order valence-electron chi connectivity index (χ3n) is 2.29. The minimum Gasteiger partial charge on any atom is -0.459 e. The van der Waals surface area contributed by atoms with Crippen LogP contribution in [0.4, 0.5) is 0 Å². The molecule has 0 aromatic heterocycles. The second-order valence-corrected chi connectivity index (χ2v) is 6.54. The Morgan fingerprint density at radius 3 is 2.47 bits per heavy atom. The molecule has 0 radical (unpaired) electrons. The van der Waals surface area contributed by atoms with Gasteiger partial charge in [-0.1, -0.05) is 37.3 Å². The molecule has 1 rings (SSSR count). The van der Waals surface area contributed by atoms with Crippen molar-refractivity contribution in [2.75, 3.05) is 0 Å². The van der Waals surface area contributed by atoms with Crippen molar-refractivity contribution >= 4 is 15.0 Å². The lowest BCUT2D eigenvalue weighted by Crippen LogP contribution is -2.30. The van der Waals surface area contributed by atoms with E-state index >= 15 is 0 Å².